The number of hydrogen-bond acceptors (Lipinski definition) is 6. The second-order valence-corrected chi connectivity index (χ2v) is 6.28. The molecule has 0 bridgehead atoms. The molecule has 1 aliphatic rings. The standard InChI is InChI=1S/C16H10F3N5OS/c17-16(18,19)13-2-1-12(26-13)11-8-21-15-4-3-14(23-24(11)15)22-10-7-20-5-6-25-9-10/h1-9H,(H,22,23). The molecule has 6 nitrogen and oxygen atoms in total. The Kier molecular flexibility index (Phi) is 3.96. The molecule has 4 heterocycles. The van der Waals surface area contributed by atoms with Gasteiger partial charge >= 0.3 is 6.18 Å². The van der Waals surface area contributed by atoms with Crippen LogP contribution in [0.25, 0.3) is 16.2 Å². The molecule has 0 unspecified atom stereocenters. The summed E-state index contributed by atoms with van der Waals surface area (Å²) in [4.78, 5) is 7.93. The largest absolute Gasteiger partial charge is 0.469 e. The fourth-order valence-corrected chi connectivity index (χ4v) is 3.15. The van der Waals surface area contributed by atoms with Gasteiger partial charge in [0.05, 0.1) is 29.2 Å². The van der Waals surface area contributed by atoms with Crippen LogP contribution in [0.5, 0.6) is 0 Å². The second kappa shape index (κ2) is 6.30. The molecule has 1 aliphatic heterocycles. The molecule has 4 rings (SSSR count). The first-order chi connectivity index (χ1) is 12.5. The number of alkyl halides is 3. The molecule has 0 atom stereocenters. The Morgan fingerprint density at radius 1 is 1.15 bits per heavy atom. The minimum absolute atomic E-state index is 0.428. The number of thiophene rings is 1. The van der Waals surface area contributed by atoms with Gasteiger partial charge in [-0.05, 0) is 24.3 Å². The van der Waals surface area contributed by atoms with Gasteiger partial charge in [0.2, 0.25) is 0 Å². The molecule has 3 aromatic rings. The van der Waals surface area contributed by atoms with Crippen LogP contribution in [0.2, 0.25) is 0 Å². The minimum Gasteiger partial charge on any atom is -0.469 e. The predicted octanol–water partition coefficient (Wildman–Crippen LogP) is 4.30. The average molecular weight is 377 g/mol. The first-order valence-corrected chi connectivity index (χ1v) is 8.15. The lowest BCUT2D eigenvalue weighted by Crippen LogP contribution is -2.05. The summed E-state index contributed by atoms with van der Waals surface area (Å²) >= 11 is 0.650. The van der Waals surface area contributed by atoms with Gasteiger partial charge < -0.3 is 10.1 Å². The highest BCUT2D eigenvalue weighted by Crippen LogP contribution is 2.38. The zero-order valence-electron chi connectivity index (χ0n) is 12.9. The quantitative estimate of drug-likeness (QED) is 0.739. The average Bonchev–Trinajstić information content (AvgIpc) is 3.16. The zero-order chi connectivity index (χ0) is 18.1. The van der Waals surface area contributed by atoms with E-state index < -0.39 is 11.1 Å². The van der Waals surface area contributed by atoms with Crippen molar-refractivity contribution in [1.82, 2.24) is 14.6 Å². The number of aromatic nitrogens is 3. The highest BCUT2D eigenvalue weighted by Gasteiger charge is 2.32. The predicted molar refractivity (Wildman–Crippen MR) is 91.7 cm³/mol. The molecule has 0 aliphatic carbocycles. The van der Waals surface area contributed by atoms with Crippen LogP contribution in [-0.4, -0.2) is 20.8 Å². The number of nitrogens with one attached hydrogen (secondary N) is 1. The van der Waals surface area contributed by atoms with Gasteiger partial charge in [-0.2, -0.15) is 13.2 Å². The molecule has 0 fully saturated rings. The molecule has 3 aromatic heterocycles. The Bertz CT molecular complexity index is 1050. The van der Waals surface area contributed by atoms with Crippen LogP contribution in [0.3, 0.4) is 0 Å². The third kappa shape index (κ3) is 3.18. The second-order valence-electron chi connectivity index (χ2n) is 5.19. The van der Waals surface area contributed by atoms with Crippen molar-refractivity contribution in [1.29, 1.82) is 0 Å². The number of anilines is 1. The summed E-state index contributed by atoms with van der Waals surface area (Å²) in [6, 6.07) is 5.89. The van der Waals surface area contributed by atoms with E-state index >= 15 is 0 Å². The smallest absolute Gasteiger partial charge is 0.425 e. The van der Waals surface area contributed by atoms with Crippen LogP contribution < -0.4 is 5.32 Å². The Morgan fingerprint density at radius 3 is 2.85 bits per heavy atom. The first-order valence-electron chi connectivity index (χ1n) is 7.34. The number of allylic oxidation sites excluding steroid dienone is 1. The van der Waals surface area contributed by atoms with E-state index in [2.05, 4.69) is 20.4 Å². The molecule has 0 radical (unpaired) electrons. The number of hydrogen-bond donors (Lipinski definition) is 1. The molecule has 1 N–H and O–H groups in total. The number of fused-ring (bicyclic) bond motifs is 1. The topological polar surface area (TPSA) is 63.8 Å². The highest BCUT2D eigenvalue weighted by molar-refractivity contribution is 7.15. The van der Waals surface area contributed by atoms with Gasteiger partial charge in [-0.3, -0.25) is 4.99 Å². The number of aliphatic imine (C=N–C) groups is 1. The maximum atomic E-state index is 12.8. The molecule has 132 valence electrons. The van der Waals surface area contributed by atoms with Crippen molar-refractivity contribution >= 4 is 29.0 Å². The van der Waals surface area contributed by atoms with E-state index in [4.69, 9.17) is 4.74 Å². The van der Waals surface area contributed by atoms with Gasteiger partial charge in [0, 0.05) is 0 Å². The summed E-state index contributed by atoms with van der Waals surface area (Å²) in [7, 11) is 0. The third-order valence-corrected chi connectivity index (χ3v) is 4.56. The van der Waals surface area contributed by atoms with Gasteiger partial charge in [0.1, 0.15) is 23.1 Å². The summed E-state index contributed by atoms with van der Waals surface area (Å²) < 4.78 is 45.1. The fourth-order valence-electron chi connectivity index (χ4n) is 2.28. The Morgan fingerprint density at radius 2 is 2.04 bits per heavy atom. The minimum atomic E-state index is -4.37. The van der Waals surface area contributed by atoms with E-state index in [-0.39, 0.29) is 0 Å². The summed E-state index contributed by atoms with van der Waals surface area (Å²) in [6.45, 7) is 0. The van der Waals surface area contributed by atoms with E-state index in [0.29, 0.717) is 39.1 Å². The van der Waals surface area contributed by atoms with E-state index in [1.807, 2.05) is 0 Å². The lowest BCUT2D eigenvalue weighted by molar-refractivity contribution is -0.134. The monoisotopic (exact) mass is 377 g/mol. The van der Waals surface area contributed by atoms with Crippen LogP contribution in [0.15, 0.2) is 59.9 Å². The summed E-state index contributed by atoms with van der Waals surface area (Å²) in [6.07, 6.45) is 3.05. The molecule has 0 aromatic carbocycles. The Labute approximate surface area is 149 Å². The molecule has 0 spiro atoms. The van der Waals surface area contributed by atoms with Crippen molar-refractivity contribution in [3.05, 3.63) is 59.8 Å². The number of rotatable bonds is 3. The molecule has 0 saturated heterocycles. The molecule has 0 amide bonds. The summed E-state index contributed by atoms with van der Waals surface area (Å²) in [5.41, 5.74) is 1.57. The van der Waals surface area contributed by atoms with Crippen molar-refractivity contribution < 1.29 is 17.9 Å². The van der Waals surface area contributed by atoms with Gasteiger partial charge in [-0.15, -0.1) is 16.4 Å². The van der Waals surface area contributed by atoms with Crippen molar-refractivity contribution in [2.75, 3.05) is 5.32 Å². The van der Waals surface area contributed by atoms with E-state index in [9.17, 15) is 13.2 Å². The zero-order valence-corrected chi connectivity index (χ0v) is 13.8. The molecule has 0 saturated carbocycles. The van der Waals surface area contributed by atoms with Crippen molar-refractivity contribution in [3.63, 3.8) is 0 Å². The van der Waals surface area contributed by atoms with Crippen LogP contribution in [0, 0.1) is 0 Å². The summed E-state index contributed by atoms with van der Waals surface area (Å²) in [5.74, 6) is 0.465. The number of halogens is 3. The van der Waals surface area contributed by atoms with E-state index in [0.717, 1.165) is 6.07 Å². The maximum Gasteiger partial charge on any atom is 0.425 e. The first kappa shape index (κ1) is 16.3. The fraction of sp³-hybridized carbons (Fsp3) is 0.0625. The normalized spacial score (nSPS) is 14.2. The van der Waals surface area contributed by atoms with E-state index in [1.54, 1.807) is 18.3 Å². The molecular weight excluding hydrogens is 367 g/mol. The lowest BCUT2D eigenvalue weighted by atomic mass is 10.3. The van der Waals surface area contributed by atoms with Crippen LogP contribution >= 0.6 is 11.3 Å². The lowest BCUT2D eigenvalue weighted by Gasteiger charge is -2.06. The van der Waals surface area contributed by atoms with Crippen molar-refractivity contribution in [2.24, 2.45) is 4.99 Å². The van der Waals surface area contributed by atoms with Crippen molar-refractivity contribution in [2.45, 2.75) is 6.18 Å². The number of imidazole rings is 1. The van der Waals surface area contributed by atoms with Crippen LogP contribution in [-0.2, 0) is 10.9 Å². The molecular formula is C16H10F3N5OS. The van der Waals surface area contributed by atoms with Crippen molar-refractivity contribution in [3.8, 4) is 10.6 Å². The molecule has 26 heavy (non-hydrogen) atoms. The number of nitrogens with zero attached hydrogens (tertiary/aromatic N) is 4. The SMILES string of the molecule is FC(F)(F)c1ccc(-c2cnc3ccc(NC4=COC=CN=C4)nn23)s1. The number of ether oxygens (including phenoxy) is 1. The van der Waals surface area contributed by atoms with Crippen LogP contribution in [0.1, 0.15) is 4.88 Å². The Hall–Kier alpha value is -3.14. The van der Waals surface area contributed by atoms with Gasteiger partial charge in [0.15, 0.2) is 11.5 Å². The van der Waals surface area contributed by atoms with Gasteiger partial charge in [0.25, 0.3) is 0 Å². The van der Waals surface area contributed by atoms with Gasteiger partial charge in [-0.25, -0.2) is 9.50 Å². The molecule has 10 heteroatoms. The Balaban J connectivity index is 1.69. The summed E-state index contributed by atoms with van der Waals surface area (Å²) in [5, 5.41) is 7.42. The van der Waals surface area contributed by atoms with E-state index in [1.165, 1.54) is 35.5 Å². The third-order valence-electron chi connectivity index (χ3n) is 3.41. The van der Waals surface area contributed by atoms with Gasteiger partial charge in [-0.1, -0.05) is 0 Å². The highest BCUT2D eigenvalue weighted by atomic mass is 32.1. The van der Waals surface area contributed by atoms with Crippen LogP contribution in [0.4, 0.5) is 19.0 Å². The maximum absolute atomic E-state index is 12.8.